The highest BCUT2D eigenvalue weighted by Gasteiger charge is 2.27. The van der Waals surface area contributed by atoms with Gasteiger partial charge >= 0.3 is 0 Å². The van der Waals surface area contributed by atoms with Crippen molar-refractivity contribution in [1.29, 1.82) is 0 Å². The van der Waals surface area contributed by atoms with Gasteiger partial charge in [-0.2, -0.15) is 4.68 Å². The first-order chi connectivity index (χ1) is 15.0. The van der Waals surface area contributed by atoms with Crippen LogP contribution in [0.5, 0.6) is 0 Å². The van der Waals surface area contributed by atoms with Crippen LogP contribution in [0.15, 0.2) is 65.5 Å². The van der Waals surface area contributed by atoms with Gasteiger partial charge < -0.3 is 10.2 Å². The van der Waals surface area contributed by atoms with E-state index in [1.54, 1.807) is 18.2 Å². The van der Waals surface area contributed by atoms with Gasteiger partial charge in [-0.15, -0.1) is 5.10 Å². The lowest BCUT2D eigenvalue weighted by Crippen LogP contribution is -2.41. The number of hydrogen-bond acceptors (Lipinski definition) is 4. The molecule has 3 aromatic rings. The van der Waals surface area contributed by atoms with Crippen LogP contribution in [0.4, 0.5) is 15.9 Å². The predicted octanol–water partition coefficient (Wildman–Crippen LogP) is 3.79. The number of carbonyl (C=O) groups is 1. The highest BCUT2D eigenvalue weighted by Crippen LogP contribution is 2.23. The summed E-state index contributed by atoms with van der Waals surface area (Å²) in [5, 5.41) is 7.43. The number of amides is 1. The van der Waals surface area contributed by atoms with Crippen molar-refractivity contribution in [1.82, 2.24) is 9.78 Å². The van der Waals surface area contributed by atoms with Crippen molar-refractivity contribution in [3.05, 3.63) is 82.4 Å². The molecule has 1 aliphatic rings. The molecule has 2 heterocycles. The van der Waals surface area contributed by atoms with E-state index >= 15 is 0 Å². The fraction of sp³-hybridized carbons (Fsp3) is 0.292. The van der Waals surface area contributed by atoms with Crippen molar-refractivity contribution in [3.8, 4) is 5.69 Å². The highest BCUT2D eigenvalue weighted by molar-refractivity contribution is 5.93. The second-order valence-corrected chi connectivity index (χ2v) is 7.74. The SMILES string of the molecule is CCc1ccc(-n2nc(N3CCCC(C(=O)Nc4ccc(F)cc4)C3)ccc2=O)cc1. The second-order valence-electron chi connectivity index (χ2n) is 7.74. The fourth-order valence-corrected chi connectivity index (χ4v) is 3.80. The molecule has 1 unspecified atom stereocenters. The molecule has 1 atom stereocenters. The van der Waals surface area contributed by atoms with E-state index in [0.717, 1.165) is 25.8 Å². The Morgan fingerprint density at radius 3 is 2.55 bits per heavy atom. The van der Waals surface area contributed by atoms with Gasteiger partial charge in [-0.1, -0.05) is 19.1 Å². The average Bonchev–Trinajstić information content (AvgIpc) is 2.81. The van der Waals surface area contributed by atoms with Crippen molar-refractivity contribution < 1.29 is 9.18 Å². The lowest BCUT2D eigenvalue weighted by atomic mass is 9.97. The van der Waals surface area contributed by atoms with Crippen molar-refractivity contribution in [3.63, 3.8) is 0 Å². The van der Waals surface area contributed by atoms with Gasteiger partial charge in [0.05, 0.1) is 11.6 Å². The molecule has 1 fully saturated rings. The van der Waals surface area contributed by atoms with Gasteiger partial charge in [-0.05, 0) is 67.3 Å². The lowest BCUT2D eigenvalue weighted by Gasteiger charge is -2.32. The van der Waals surface area contributed by atoms with Crippen molar-refractivity contribution >= 4 is 17.4 Å². The van der Waals surface area contributed by atoms with Gasteiger partial charge in [0.25, 0.3) is 5.56 Å². The second kappa shape index (κ2) is 9.12. The van der Waals surface area contributed by atoms with Gasteiger partial charge in [0, 0.05) is 24.8 Å². The Kier molecular flexibility index (Phi) is 6.11. The summed E-state index contributed by atoms with van der Waals surface area (Å²) in [6, 6.07) is 16.7. The van der Waals surface area contributed by atoms with Gasteiger partial charge in [0.1, 0.15) is 11.6 Å². The zero-order valence-corrected chi connectivity index (χ0v) is 17.4. The van der Waals surface area contributed by atoms with Crippen molar-refractivity contribution in [2.75, 3.05) is 23.3 Å². The molecule has 1 aliphatic heterocycles. The van der Waals surface area contributed by atoms with Crippen LogP contribution < -0.4 is 15.8 Å². The van der Waals surface area contributed by atoms with Crippen LogP contribution in [-0.2, 0) is 11.2 Å². The zero-order valence-electron chi connectivity index (χ0n) is 17.4. The topological polar surface area (TPSA) is 67.2 Å². The number of aryl methyl sites for hydroxylation is 1. The standard InChI is InChI=1S/C24H25FN4O2/c1-2-17-5-11-21(12-6-17)29-23(30)14-13-22(27-29)28-15-3-4-18(16-28)24(31)26-20-9-7-19(25)8-10-20/h5-14,18H,2-4,15-16H2,1H3,(H,26,31). The average molecular weight is 420 g/mol. The minimum atomic E-state index is -0.340. The normalized spacial score (nSPS) is 16.2. The molecule has 0 bridgehead atoms. The third-order valence-electron chi connectivity index (χ3n) is 5.60. The van der Waals surface area contributed by atoms with E-state index in [2.05, 4.69) is 17.3 Å². The smallest absolute Gasteiger partial charge is 0.271 e. The molecular weight excluding hydrogens is 395 g/mol. The van der Waals surface area contributed by atoms with Crippen LogP contribution in [0.1, 0.15) is 25.3 Å². The van der Waals surface area contributed by atoms with Crippen LogP contribution in [0.2, 0.25) is 0 Å². The molecule has 31 heavy (non-hydrogen) atoms. The van der Waals surface area contributed by atoms with Gasteiger partial charge in [-0.25, -0.2) is 4.39 Å². The summed E-state index contributed by atoms with van der Waals surface area (Å²) in [5.41, 5.74) is 2.28. The van der Waals surface area contributed by atoms with Crippen LogP contribution in [0.3, 0.4) is 0 Å². The number of halogens is 1. The number of carbonyl (C=O) groups excluding carboxylic acids is 1. The Morgan fingerprint density at radius 1 is 1.10 bits per heavy atom. The zero-order chi connectivity index (χ0) is 21.8. The molecule has 1 aromatic heterocycles. The quantitative estimate of drug-likeness (QED) is 0.682. The molecule has 0 spiro atoms. The molecule has 6 nitrogen and oxygen atoms in total. The van der Waals surface area contributed by atoms with E-state index in [4.69, 9.17) is 0 Å². The molecule has 1 N–H and O–H groups in total. The molecule has 4 rings (SSSR count). The lowest BCUT2D eigenvalue weighted by molar-refractivity contribution is -0.120. The summed E-state index contributed by atoms with van der Waals surface area (Å²) in [6.07, 6.45) is 2.53. The minimum Gasteiger partial charge on any atom is -0.354 e. The van der Waals surface area contributed by atoms with E-state index in [0.29, 0.717) is 23.7 Å². The van der Waals surface area contributed by atoms with E-state index < -0.39 is 0 Å². The summed E-state index contributed by atoms with van der Waals surface area (Å²) >= 11 is 0. The largest absolute Gasteiger partial charge is 0.354 e. The number of benzene rings is 2. The maximum Gasteiger partial charge on any atom is 0.271 e. The Balaban J connectivity index is 1.50. The monoisotopic (exact) mass is 420 g/mol. The molecule has 2 aromatic carbocycles. The molecule has 160 valence electrons. The van der Waals surface area contributed by atoms with E-state index in [1.165, 1.54) is 28.4 Å². The molecule has 7 heteroatoms. The number of nitrogens with zero attached hydrogens (tertiary/aromatic N) is 3. The van der Waals surface area contributed by atoms with Crippen LogP contribution in [0.25, 0.3) is 5.69 Å². The number of rotatable bonds is 5. The van der Waals surface area contributed by atoms with Crippen LogP contribution in [0, 0.1) is 11.7 Å². The van der Waals surface area contributed by atoms with Gasteiger partial charge in [0.15, 0.2) is 0 Å². The van der Waals surface area contributed by atoms with Crippen LogP contribution >= 0.6 is 0 Å². The van der Waals surface area contributed by atoms with E-state index in [-0.39, 0.29) is 23.2 Å². The molecule has 1 amide bonds. The number of aromatic nitrogens is 2. The van der Waals surface area contributed by atoms with Gasteiger partial charge in [0.2, 0.25) is 5.91 Å². The summed E-state index contributed by atoms with van der Waals surface area (Å²) in [5.74, 6) is 0.00965. The predicted molar refractivity (Wildman–Crippen MR) is 119 cm³/mol. The first-order valence-electron chi connectivity index (χ1n) is 10.5. The number of anilines is 2. The summed E-state index contributed by atoms with van der Waals surface area (Å²) < 4.78 is 14.5. The molecular formula is C24H25FN4O2. The molecule has 0 saturated carbocycles. The maximum absolute atomic E-state index is 13.1. The molecule has 0 radical (unpaired) electrons. The molecule has 0 aliphatic carbocycles. The summed E-state index contributed by atoms with van der Waals surface area (Å²) in [6.45, 7) is 3.35. The minimum absolute atomic E-state index is 0.0974. The summed E-state index contributed by atoms with van der Waals surface area (Å²) in [4.78, 5) is 27.2. The van der Waals surface area contributed by atoms with Gasteiger partial charge in [-0.3, -0.25) is 9.59 Å². The van der Waals surface area contributed by atoms with E-state index in [1.807, 2.05) is 29.2 Å². The Hall–Kier alpha value is -3.48. The molecule has 1 saturated heterocycles. The van der Waals surface area contributed by atoms with Crippen LogP contribution in [-0.4, -0.2) is 28.8 Å². The Bertz CT molecular complexity index is 1110. The van der Waals surface area contributed by atoms with E-state index in [9.17, 15) is 14.0 Å². The number of piperidine rings is 1. The Morgan fingerprint density at radius 2 is 1.84 bits per heavy atom. The van der Waals surface area contributed by atoms with Crippen molar-refractivity contribution in [2.24, 2.45) is 5.92 Å². The first-order valence-corrected chi connectivity index (χ1v) is 10.5. The van der Waals surface area contributed by atoms with Crippen molar-refractivity contribution in [2.45, 2.75) is 26.2 Å². The first kappa shape index (κ1) is 20.8. The highest BCUT2D eigenvalue weighted by atomic mass is 19.1. The number of nitrogens with one attached hydrogen (secondary N) is 1. The summed E-state index contributed by atoms with van der Waals surface area (Å²) in [7, 11) is 0. The third kappa shape index (κ3) is 4.82. The Labute approximate surface area is 180 Å². The number of hydrogen-bond donors (Lipinski definition) is 1. The third-order valence-corrected chi connectivity index (χ3v) is 5.60. The maximum atomic E-state index is 13.1. The fourth-order valence-electron chi connectivity index (χ4n) is 3.80.